The van der Waals surface area contributed by atoms with Crippen LogP contribution < -0.4 is 0 Å². The molecule has 0 spiro atoms. The molecule has 15 heavy (non-hydrogen) atoms. The number of nitrogens with zero attached hydrogens (tertiary/aromatic N) is 1. The first-order chi connectivity index (χ1) is 7.13. The summed E-state index contributed by atoms with van der Waals surface area (Å²) in [7, 11) is 1.37. The van der Waals surface area contributed by atoms with Gasteiger partial charge >= 0.3 is 5.97 Å². The molecule has 0 bridgehead atoms. The molecule has 2 rings (SSSR count). The highest BCUT2D eigenvalue weighted by atomic mass is 35.5. The maximum atomic E-state index is 11.5. The Morgan fingerprint density at radius 3 is 2.80 bits per heavy atom. The van der Waals surface area contributed by atoms with E-state index in [-0.39, 0.29) is 5.97 Å². The third-order valence-corrected chi connectivity index (χ3v) is 2.84. The van der Waals surface area contributed by atoms with E-state index < -0.39 is 0 Å². The molecule has 1 aliphatic rings. The van der Waals surface area contributed by atoms with Crippen molar-refractivity contribution in [2.24, 2.45) is 0 Å². The van der Waals surface area contributed by atoms with Crippen LogP contribution in [0.1, 0.15) is 40.4 Å². The number of halogens is 1. The highest BCUT2D eigenvalue weighted by Crippen LogP contribution is 2.41. The van der Waals surface area contributed by atoms with E-state index in [2.05, 4.69) is 4.98 Å². The average Bonchev–Trinajstić information content (AvgIpc) is 3.03. The van der Waals surface area contributed by atoms with E-state index in [1.54, 1.807) is 6.07 Å². The summed E-state index contributed by atoms with van der Waals surface area (Å²) in [6, 6.07) is 1.56. The fourth-order valence-electron chi connectivity index (χ4n) is 1.67. The summed E-state index contributed by atoms with van der Waals surface area (Å²) in [5.74, 6) is 0.130. The van der Waals surface area contributed by atoms with Crippen molar-refractivity contribution in [2.75, 3.05) is 7.11 Å². The summed E-state index contributed by atoms with van der Waals surface area (Å²) in [5.41, 5.74) is 2.37. The molecule has 1 aliphatic carbocycles. The fourth-order valence-corrected chi connectivity index (χ4v) is 1.87. The van der Waals surface area contributed by atoms with Crippen molar-refractivity contribution in [1.82, 2.24) is 4.98 Å². The maximum absolute atomic E-state index is 11.5. The number of carbonyl (C=O) groups excluding carboxylic acids is 1. The number of ether oxygens (including phenoxy) is 1. The number of esters is 1. The van der Waals surface area contributed by atoms with Gasteiger partial charge in [0.2, 0.25) is 0 Å². The van der Waals surface area contributed by atoms with E-state index >= 15 is 0 Å². The lowest BCUT2D eigenvalue weighted by molar-refractivity contribution is 0.0599. The molecule has 0 radical (unpaired) electrons. The molecular formula is C11H12ClNO2. The molecule has 0 aromatic carbocycles. The topological polar surface area (TPSA) is 39.2 Å². The molecule has 80 valence electrons. The fraction of sp³-hybridized carbons (Fsp3) is 0.455. The molecule has 1 saturated carbocycles. The Labute approximate surface area is 93.4 Å². The summed E-state index contributed by atoms with van der Waals surface area (Å²) in [4.78, 5) is 15.7. The number of methoxy groups -OCH3 is 1. The normalized spacial score (nSPS) is 15.1. The van der Waals surface area contributed by atoms with Crippen LogP contribution in [0.5, 0.6) is 0 Å². The van der Waals surface area contributed by atoms with E-state index in [9.17, 15) is 4.79 Å². The van der Waals surface area contributed by atoms with Crippen LogP contribution in [-0.2, 0) is 4.74 Å². The van der Waals surface area contributed by atoms with Gasteiger partial charge in [0.05, 0.1) is 12.7 Å². The van der Waals surface area contributed by atoms with Crippen LogP contribution in [0.15, 0.2) is 6.07 Å². The van der Waals surface area contributed by atoms with Gasteiger partial charge in [-0.05, 0) is 31.4 Å². The number of pyridine rings is 1. The second-order valence-corrected chi connectivity index (χ2v) is 4.16. The molecule has 0 aliphatic heterocycles. The van der Waals surface area contributed by atoms with Gasteiger partial charge in [0, 0.05) is 11.6 Å². The van der Waals surface area contributed by atoms with Crippen molar-refractivity contribution in [1.29, 1.82) is 0 Å². The third-order valence-electron chi connectivity index (χ3n) is 2.65. The van der Waals surface area contributed by atoms with Crippen LogP contribution >= 0.6 is 11.6 Å². The smallest absolute Gasteiger partial charge is 0.338 e. The molecule has 0 atom stereocenters. The van der Waals surface area contributed by atoms with Gasteiger partial charge in [0.25, 0.3) is 0 Å². The van der Waals surface area contributed by atoms with E-state index in [4.69, 9.17) is 16.3 Å². The third kappa shape index (κ3) is 1.97. The minimum absolute atomic E-state index is 0.348. The Morgan fingerprint density at radius 2 is 2.27 bits per heavy atom. The summed E-state index contributed by atoms with van der Waals surface area (Å²) in [5, 5.41) is 0.364. The average molecular weight is 226 g/mol. The maximum Gasteiger partial charge on any atom is 0.338 e. The molecule has 1 aromatic rings. The summed E-state index contributed by atoms with van der Waals surface area (Å²) < 4.78 is 4.70. The second kappa shape index (κ2) is 3.81. The number of carbonyl (C=O) groups is 1. The van der Waals surface area contributed by atoms with Crippen LogP contribution in [0.3, 0.4) is 0 Å². The molecule has 1 fully saturated rings. The molecule has 0 amide bonds. The standard InChI is InChI=1S/C11H12ClNO2/c1-6-8(11(14)15-2)5-9(12)13-10(6)7-3-4-7/h5,7H,3-4H2,1-2H3. The van der Waals surface area contributed by atoms with Gasteiger partial charge in [0.1, 0.15) is 5.15 Å². The van der Waals surface area contributed by atoms with Gasteiger partial charge in [-0.3, -0.25) is 0 Å². The number of hydrogen-bond acceptors (Lipinski definition) is 3. The van der Waals surface area contributed by atoms with Crippen molar-refractivity contribution >= 4 is 17.6 Å². The molecule has 3 nitrogen and oxygen atoms in total. The Balaban J connectivity index is 2.49. The lowest BCUT2D eigenvalue weighted by Gasteiger charge is -2.08. The van der Waals surface area contributed by atoms with Gasteiger partial charge in [0.15, 0.2) is 0 Å². The number of aromatic nitrogens is 1. The van der Waals surface area contributed by atoms with Crippen molar-refractivity contribution < 1.29 is 9.53 Å². The van der Waals surface area contributed by atoms with E-state index in [0.29, 0.717) is 16.6 Å². The Kier molecular flexibility index (Phi) is 2.65. The first-order valence-corrected chi connectivity index (χ1v) is 5.26. The molecule has 1 aromatic heterocycles. The van der Waals surface area contributed by atoms with Crippen LogP contribution in [0.25, 0.3) is 0 Å². The molecule has 0 saturated heterocycles. The zero-order valence-electron chi connectivity index (χ0n) is 8.71. The minimum Gasteiger partial charge on any atom is -0.465 e. The van der Waals surface area contributed by atoms with Gasteiger partial charge in [-0.25, -0.2) is 9.78 Å². The van der Waals surface area contributed by atoms with Gasteiger partial charge in [-0.2, -0.15) is 0 Å². The van der Waals surface area contributed by atoms with Crippen molar-refractivity contribution in [3.63, 3.8) is 0 Å². The number of rotatable bonds is 2. The Hall–Kier alpha value is -1.09. The molecule has 0 N–H and O–H groups in total. The van der Waals surface area contributed by atoms with Crippen LogP contribution in [0, 0.1) is 6.92 Å². The number of hydrogen-bond donors (Lipinski definition) is 0. The molecule has 1 heterocycles. The second-order valence-electron chi connectivity index (χ2n) is 3.77. The largest absolute Gasteiger partial charge is 0.465 e. The van der Waals surface area contributed by atoms with Crippen LogP contribution in [-0.4, -0.2) is 18.1 Å². The van der Waals surface area contributed by atoms with E-state index in [1.807, 2.05) is 6.92 Å². The summed E-state index contributed by atoms with van der Waals surface area (Å²) in [6.45, 7) is 1.89. The van der Waals surface area contributed by atoms with Crippen molar-refractivity contribution in [2.45, 2.75) is 25.7 Å². The Morgan fingerprint density at radius 1 is 1.60 bits per heavy atom. The summed E-state index contributed by atoms with van der Waals surface area (Å²) >= 11 is 5.88. The first kappa shape index (κ1) is 10.4. The molecule has 4 heteroatoms. The lowest BCUT2D eigenvalue weighted by Crippen LogP contribution is -2.07. The predicted molar refractivity (Wildman–Crippen MR) is 57.3 cm³/mol. The minimum atomic E-state index is -0.348. The van der Waals surface area contributed by atoms with Crippen LogP contribution in [0.4, 0.5) is 0 Å². The van der Waals surface area contributed by atoms with Gasteiger partial charge < -0.3 is 4.74 Å². The van der Waals surface area contributed by atoms with Gasteiger partial charge in [-0.1, -0.05) is 11.6 Å². The zero-order valence-corrected chi connectivity index (χ0v) is 9.47. The highest BCUT2D eigenvalue weighted by molar-refractivity contribution is 6.29. The summed E-state index contributed by atoms with van der Waals surface area (Å²) in [6.07, 6.45) is 2.27. The predicted octanol–water partition coefficient (Wildman–Crippen LogP) is 2.71. The van der Waals surface area contributed by atoms with E-state index in [1.165, 1.54) is 7.11 Å². The van der Waals surface area contributed by atoms with Gasteiger partial charge in [-0.15, -0.1) is 0 Å². The van der Waals surface area contributed by atoms with Crippen molar-refractivity contribution in [3.8, 4) is 0 Å². The van der Waals surface area contributed by atoms with Crippen LogP contribution in [0.2, 0.25) is 5.15 Å². The SMILES string of the molecule is COC(=O)c1cc(Cl)nc(C2CC2)c1C. The van der Waals surface area contributed by atoms with Crippen molar-refractivity contribution in [3.05, 3.63) is 28.0 Å². The van der Waals surface area contributed by atoms with E-state index in [0.717, 1.165) is 24.1 Å². The zero-order chi connectivity index (χ0) is 11.0. The quantitative estimate of drug-likeness (QED) is 0.574. The first-order valence-electron chi connectivity index (χ1n) is 4.89. The monoisotopic (exact) mass is 225 g/mol. The lowest BCUT2D eigenvalue weighted by atomic mass is 10.1. The Bertz CT molecular complexity index is 413. The molecular weight excluding hydrogens is 214 g/mol. The molecule has 0 unspecified atom stereocenters. The highest BCUT2D eigenvalue weighted by Gasteiger charge is 2.29.